The Hall–Kier alpha value is -1.96. The highest BCUT2D eigenvalue weighted by Gasteiger charge is 2.35. The Morgan fingerprint density at radius 3 is 2.90 bits per heavy atom. The van der Waals surface area contributed by atoms with Crippen molar-refractivity contribution in [1.82, 2.24) is 4.90 Å². The maximum Gasteiger partial charge on any atom is 0.410 e. The fraction of sp³-hybridized carbons (Fsp3) is 0.625. The van der Waals surface area contributed by atoms with Crippen molar-refractivity contribution in [3.8, 4) is 12.3 Å². The lowest BCUT2D eigenvalue weighted by atomic mass is 10.0. The van der Waals surface area contributed by atoms with Gasteiger partial charge in [0, 0.05) is 19.2 Å². The molecule has 0 radical (unpaired) electrons. The van der Waals surface area contributed by atoms with Crippen LogP contribution in [0.2, 0.25) is 0 Å². The molecule has 0 aromatic carbocycles. The normalized spacial score (nSPS) is 24.7. The second kappa shape index (κ2) is 6.21. The number of likely N-dealkylation sites (tertiary alicyclic amines) is 1. The number of hydrogen-bond donors (Lipinski definition) is 0. The molecule has 1 saturated heterocycles. The Morgan fingerprint density at radius 1 is 1.57 bits per heavy atom. The van der Waals surface area contributed by atoms with E-state index in [1.807, 2.05) is 20.8 Å². The Kier molecular flexibility index (Phi) is 4.56. The topological polar surface area (TPSA) is 51.1 Å². The highest BCUT2D eigenvalue weighted by Crippen LogP contribution is 2.23. The molecule has 0 bridgehead atoms. The van der Waals surface area contributed by atoms with E-state index >= 15 is 0 Å². The van der Waals surface area contributed by atoms with Gasteiger partial charge in [-0.05, 0) is 27.2 Å². The lowest BCUT2D eigenvalue weighted by Gasteiger charge is -2.41. The van der Waals surface area contributed by atoms with Crippen molar-refractivity contribution in [3.63, 3.8) is 0 Å². The van der Waals surface area contributed by atoms with E-state index in [0.717, 1.165) is 12.2 Å². The minimum absolute atomic E-state index is 0.00616. The number of ether oxygens (including phenoxy) is 2. The second-order valence-corrected chi connectivity index (χ2v) is 6.30. The molecule has 114 valence electrons. The van der Waals surface area contributed by atoms with Crippen LogP contribution in [-0.4, -0.2) is 42.0 Å². The zero-order chi connectivity index (χ0) is 15.5. The maximum atomic E-state index is 12.0. The van der Waals surface area contributed by atoms with Gasteiger partial charge in [-0.1, -0.05) is 5.92 Å². The first-order valence-electron chi connectivity index (χ1n) is 7.20. The number of carbonyl (C=O) groups is 1. The standard InChI is InChI=1S/C16H22N2O3/c1-5-12-8-14(10-17-9-12)20-11-13-6-7-18(13)15(19)21-16(2,3)4/h1,9-10,12-13H,6-8,11H2,2-4H3. The van der Waals surface area contributed by atoms with Crippen molar-refractivity contribution in [3.05, 3.63) is 12.0 Å². The van der Waals surface area contributed by atoms with Crippen LogP contribution in [-0.2, 0) is 9.47 Å². The fourth-order valence-corrected chi connectivity index (χ4v) is 2.13. The molecule has 0 N–H and O–H groups in total. The SMILES string of the molecule is C#CC1C=NC=C(OCC2CCN2C(=O)OC(C)(C)C)C1. The summed E-state index contributed by atoms with van der Waals surface area (Å²) in [5.41, 5.74) is -0.474. The number of amides is 1. The lowest BCUT2D eigenvalue weighted by Crippen LogP contribution is -2.54. The van der Waals surface area contributed by atoms with Crippen LogP contribution in [0.15, 0.2) is 17.0 Å². The molecule has 2 rings (SSSR count). The molecule has 2 heterocycles. The van der Waals surface area contributed by atoms with E-state index < -0.39 is 5.60 Å². The van der Waals surface area contributed by atoms with Gasteiger partial charge in [0.2, 0.25) is 0 Å². The quantitative estimate of drug-likeness (QED) is 0.751. The molecule has 0 aliphatic carbocycles. The van der Waals surface area contributed by atoms with E-state index in [-0.39, 0.29) is 18.1 Å². The first kappa shape index (κ1) is 15.4. The lowest BCUT2D eigenvalue weighted by molar-refractivity contribution is -0.0211. The van der Waals surface area contributed by atoms with E-state index in [4.69, 9.17) is 15.9 Å². The number of rotatable bonds is 3. The summed E-state index contributed by atoms with van der Waals surface area (Å²) in [7, 11) is 0. The largest absolute Gasteiger partial charge is 0.494 e. The van der Waals surface area contributed by atoms with E-state index in [9.17, 15) is 4.79 Å². The molecule has 0 saturated carbocycles. The first-order chi connectivity index (χ1) is 9.89. The van der Waals surface area contributed by atoms with Crippen LogP contribution in [0.25, 0.3) is 0 Å². The molecule has 0 aromatic heterocycles. The molecule has 5 heteroatoms. The molecule has 1 amide bonds. The minimum atomic E-state index is -0.474. The number of allylic oxidation sites excluding steroid dienone is 1. The molecular formula is C16H22N2O3. The monoisotopic (exact) mass is 290 g/mol. The van der Waals surface area contributed by atoms with Gasteiger partial charge in [-0.3, -0.25) is 4.99 Å². The highest BCUT2D eigenvalue weighted by atomic mass is 16.6. The second-order valence-electron chi connectivity index (χ2n) is 6.30. The Morgan fingerprint density at radius 2 is 2.33 bits per heavy atom. The molecular weight excluding hydrogens is 268 g/mol. The smallest absolute Gasteiger partial charge is 0.410 e. The van der Waals surface area contributed by atoms with Crippen LogP contribution < -0.4 is 0 Å². The summed E-state index contributed by atoms with van der Waals surface area (Å²) in [5.74, 6) is 3.42. The summed E-state index contributed by atoms with van der Waals surface area (Å²) < 4.78 is 11.1. The van der Waals surface area contributed by atoms with E-state index in [2.05, 4.69) is 10.9 Å². The van der Waals surface area contributed by atoms with E-state index in [1.165, 1.54) is 0 Å². The van der Waals surface area contributed by atoms with Gasteiger partial charge in [0.25, 0.3) is 0 Å². The Labute approximate surface area is 126 Å². The summed E-state index contributed by atoms with van der Waals surface area (Å²) in [4.78, 5) is 17.8. The highest BCUT2D eigenvalue weighted by molar-refractivity contribution is 5.69. The predicted octanol–water partition coefficient (Wildman–Crippen LogP) is 2.58. The third kappa shape index (κ3) is 4.25. The van der Waals surface area contributed by atoms with Crippen LogP contribution >= 0.6 is 0 Å². The minimum Gasteiger partial charge on any atom is -0.494 e. The first-order valence-corrected chi connectivity index (χ1v) is 7.20. The van der Waals surface area contributed by atoms with Crippen molar-refractivity contribution in [2.24, 2.45) is 10.9 Å². The zero-order valence-electron chi connectivity index (χ0n) is 12.8. The Bertz CT molecular complexity index is 497. The number of hydrogen-bond acceptors (Lipinski definition) is 4. The van der Waals surface area contributed by atoms with Gasteiger partial charge < -0.3 is 14.4 Å². The summed E-state index contributed by atoms with van der Waals surface area (Å²) in [6.07, 6.45) is 10.1. The van der Waals surface area contributed by atoms with Crippen molar-refractivity contribution in [1.29, 1.82) is 0 Å². The van der Waals surface area contributed by atoms with Gasteiger partial charge in [0.1, 0.15) is 18.0 Å². The number of carbonyl (C=O) groups excluding carboxylic acids is 1. The molecule has 0 aromatic rings. The summed E-state index contributed by atoms with van der Waals surface area (Å²) in [5, 5.41) is 0. The summed E-state index contributed by atoms with van der Waals surface area (Å²) in [6, 6.07) is 0.0657. The van der Waals surface area contributed by atoms with Crippen LogP contribution in [0.5, 0.6) is 0 Å². The fourth-order valence-electron chi connectivity index (χ4n) is 2.13. The van der Waals surface area contributed by atoms with Gasteiger partial charge in [-0.15, -0.1) is 6.42 Å². The Balaban J connectivity index is 1.79. The predicted molar refractivity (Wildman–Crippen MR) is 80.8 cm³/mol. The van der Waals surface area contributed by atoms with Gasteiger partial charge in [-0.2, -0.15) is 0 Å². The van der Waals surface area contributed by atoms with Crippen LogP contribution in [0.1, 0.15) is 33.6 Å². The molecule has 21 heavy (non-hydrogen) atoms. The van der Waals surface area contributed by atoms with Crippen molar-refractivity contribution in [2.75, 3.05) is 13.2 Å². The summed E-state index contributed by atoms with van der Waals surface area (Å²) in [6.45, 7) is 6.76. The number of nitrogens with zero attached hydrogens (tertiary/aromatic N) is 2. The van der Waals surface area contributed by atoms with Gasteiger partial charge in [-0.25, -0.2) is 4.79 Å². The van der Waals surface area contributed by atoms with Crippen LogP contribution in [0.4, 0.5) is 4.79 Å². The zero-order valence-corrected chi connectivity index (χ0v) is 12.8. The number of aliphatic imine (C=N–C) groups is 1. The van der Waals surface area contributed by atoms with Crippen molar-refractivity contribution >= 4 is 12.3 Å². The third-order valence-electron chi connectivity index (χ3n) is 3.35. The average molecular weight is 290 g/mol. The average Bonchev–Trinajstić information content (AvgIpc) is 2.35. The van der Waals surface area contributed by atoms with Crippen molar-refractivity contribution in [2.45, 2.75) is 45.3 Å². The van der Waals surface area contributed by atoms with Gasteiger partial charge in [0.05, 0.1) is 18.2 Å². The molecule has 2 unspecified atom stereocenters. The molecule has 2 aliphatic heterocycles. The molecule has 5 nitrogen and oxygen atoms in total. The maximum absolute atomic E-state index is 12.0. The summed E-state index contributed by atoms with van der Waals surface area (Å²) >= 11 is 0. The van der Waals surface area contributed by atoms with Crippen molar-refractivity contribution < 1.29 is 14.3 Å². The molecule has 2 atom stereocenters. The molecule has 0 spiro atoms. The van der Waals surface area contributed by atoms with E-state index in [1.54, 1.807) is 17.3 Å². The number of terminal acetylenes is 1. The van der Waals surface area contributed by atoms with Crippen LogP contribution in [0.3, 0.4) is 0 Å². The van der Waals surface area contributed by atoms with E-state index in [0.29, 0.717) is 19.6 Å². The third-order valence-corrected chi connectivity index (χ3v) is 3.35. The molecule has 1 fully saturated rings. The van der Waals surface area contributed by atoms with Crippen LogP contribution in [0, 0.1) is 18.3 Å². The molecule has 2 aliphatic rings. The van der Waals surface area contributed by atoms with Gasteiger partial charge in [0.15, 0.2) is 0 Å². The van der Waals surface area contributed by atoms with Gasteiger partial charge >= 0.3 is 6.09 Å².